The zero-order chi connectivity index (χ0) is 8.53. The summed E-state index contributed by atoms with van der Waals surface area (Å²) in [6, 6.07) is 5.70. The first-order valence-corrected chi connectivity index (χ1v) is 3.65. The molecule has 0 unspecified atom stereocenters. The van der Waals surface area contributed by atoms with Gasteiger partial charge >= 0.3 is 0 Å². The summed E-state index contributed by atoms with van der Waals surface area (Å²) in [7, 11) is 0. The summed E-state index contributed by atoms with van der Waals surface area (Å²) in [6.45, 7) is 3.18. The summed E-state index contributed by atoms with van der Waals surface area (Å²) in [5, 5.41) is 0. The van der Waals surface area contributed by atoms with E-state index >= 15 is 0 Å². The molecular formula is C8H15N3. The van der Waals surface area contributed by atoms with Crippen LogP contribution in [0.15, 0.2) is 24.4 Å². The van der Waals surface area contributed by atoms with Crippen LogP contribution in [0, 0.1) is 0 Å². The summed E-state index contributed by atoms with van der Waals surface area (Å²) in [5.74, 6) is 0. The largest absolute Gasteiger partial charge is 0.331 e. The molecule has 0 aromatic carbocycles. The number of nitrogens with two attached hydrogens (primary N) is 2. The maximum atomic E-state index is 5.29. The third-order valence-electron chi connectivity index (χ3n) is 0.935. The fourth-order valence-corrected chi connectivity index (χ4v) is 0.519. The summed E-state index contributed by atoms with van der Waals surface area (Å²) >= 11 is 0. The minimum absolute atomic E-state index is 0.529. The number of pyridine rings is 1. The molecule has 0 fully saturated rings. The molecule has 0 saturated heterocycles. The van der Waals surface area contributed by atoms with Gasteiger partial charge in [0.15, 0.2) is 0 Å². The second-order valence-corrected chi connectivity index (χ2v) is 1.93. The van der Waals surface area contributed by atoms with E-state index in [0.717, 1.165) is 12.2 Å². The van der Waals surface area contributed by atoms with Crippen LogP contribution in [-0.4, -0.2) is 11.5 Å². The van der Waals surface area contributed by atoms with Gasteiger partial charge in [0.2, 0.25) is 0 Å². The van der Waals surface area contributed by atoms with Crippen LogP contribution >= 0.6 is 0 Å². The number of hydrogen-bond acceptors (Lipinski definition) is 3. The highest BCUT2D eigenvalue weighted by molar-refractivity contribution is 5.02. The average molecular weight is 153 g/mol. The summed E-state index contributed by atoms with van der Waals surface area (Å²) in [5.41, 5.74) is 11.1. The van der Waals surface area contributed by atoms with E-state index in [9.17, 15) is 0 Å². The minimum atomic E-state index is 0.529. The Hall–Kier alpha value is -0.930. The fourth-order valence-electron chi connectivity index (χ4n) is 0.519. The number of rotatable bonds is 1. The van der Waals surface area contributed by atoms with E-state index in [1.807, 2.05) is 25.1 Å². The highest BCUT2D eigenvalue weighted by Gasteiger charge is 1.81. The molecule has 0 spiro atoms. The SMILES string of the molecule is CCN.NCc1ccccn1. The molecular weight excluding hydrogens is 138 g/mol. The standard InChI is InChI=1S/C6H8N2.C2H7N/c7-5-6-3-1-2-4-8-6;1-2-3/h1-4H,5,7H2;2-3H2,1H3. The van der Waals surface area contributed by atoms with Gasteiger partial charge in [0.05, 0.1) is 5.69 Å². The van der Waals surface area contributed by atoms with Gasteiger partial charge in [-0.15, -0.1) is 0 Å². The lowest BCUT2D eigenvalue weighted by Crippen LogP contribution is -1.97. The van der Waals surface area contributed by atoms with Crippen LogP contribution in [0.3, 0.4) is 0 Å². The molecule has 1 aromatic rings. The molecule has 1 rings (SSSR count). The lowest BCUT2D eigenvalue weighted by atomic mass is 10.4. The Balaban J connectivity index is 0.000000292. The van der Waals surface area contributed by atoms with Crippen molar-refractivity contribution in [2.45, 2.75) is 13.5 Å². The normalized spacial score (nSPS) is 8.27. The van der Waals surface area contributed by atoms with Crippen LogP contribution in [0.5, 0.6) is 0 Å². The Labute approximate surface area is 67.4 Å². The molecule has 3 nitrogen and oxygen atoms in total. The fraction of sp³-hybridized carbons (Fsp3) is 0.375. The Kier molecular flexibility index (Phi) is 6.57. The monoisotopic (exact) mass is 153 g/mol. The molecule has 62 valence electrons. The van der Waals surface area contributed by atoms with Gasteiger partial charge in [-0.2, -0.15) is 0 Å². The van der Waals surface area contributed by atoms with E-state index < -0.39 is 0 Å². The van der Waals surface area contributed by atoms with Crippen LogP contribution in [0.1, 0.15) is 12.6 Å². The van der Waals surface area contributed by atoms with Crippen molar-refractivity contribution in [3.63, 3.8) is 0 Å². The van der Waals surface area contributed by atoms with E-state index in [2.05, 4.69) is 4.98 Å². The summed E-state index contributed by atoms with van der Waals surface area (Å²) < 4.78 is 0. The maximum absolute atomic E-state index is 5.29. The van der Waals surface area contributed by atoms with Gasteiger partial charge in [-0.3, -0.25) is 4.98 Å². The predicted octanol–water partition coefficient (Wildman–Crippen LogP) is 0.505. The van der Waals surface area contributed by atoms with Crippen molar-refractivity contribution in [3.8, 4) is 0 Å². The van der Waals surface area contributed by atoms with Crippen molar-refractivity contribution in [3.05, 3.63) is 30.1 Å². The lowest BCUT2D eigenvalue weighted by molar-refractivity contribution is 0.991. The molecule has 1 aromatic heterocycles. The average Bonchev–Trinajstić information content (AvgIpc) is 2.08. The molecule has 3 heteroatoms. The van der Waals surface area contributed by atoms with E-state index in [0.29, 0.717) is 6.54 Å². The van der Waals surface area contributed by atoms with Crippen LogP contribution in [0.25, 0.3) is 0 Å². The number of aromatic nitrogens is 1. The van der Waals surface area contributed by atoms with Gasteiger partial charge in [-0.1, -0.05) is 13.0 Å². The highest BCUT2D eigenvalue weighted by Crippen LogP contribution is 1.88. The second kappa shape index (κ2) is 7.18. The van der Waals surface area contributed by atoms with Crippen LogP contribution in [0.2, 0.25) is 0 Å². The molecule has 0 amide bonds. The first-order chi connectivity index (χ1) is 5.35. The van der Waals surface area contributed by atoms with Crippen molar-refractivity contribution in [1.82, 2.24) is 4.98 Å². The second-order valence-electron chi connectivity index (χ2n) is 1.93. The van der Waals surface area contributed by atoms with Crippen molar-refractivity contribution in [1.29, 1.82) is 0 Å². The molecule has 0 saturated carbocycles. The van der Waals surface area contributed by atoms with Crippen LogP contribution in [-0.2, 0) is 6.54 Å². The molecule has 0 bridgehead atoms. The predicted molar refractivity (Wildman–Crippen MR) is 46.9 cm³/mol. The smallest absolute Gasteiger partial charge is 0.0539 e. The third kappa shape index (κ3) is 5.51. The molecule has 0 aliphatic rings. The molecule has 1 heterocycles. The van der Waals surface area contributed by atoms with Crippen molar-refractivity contribution < 1.29 is 0 Å². The van der Waals surface area contributed by atoms with Crippen molar-refractivity contribution in [2.75, 3.05) is 6.54 Å². The van der Waals surface area contributed by atoms with Crippen LogP contribution < -0.4 is 11.5 Å². The van der Waals surface area contributed by atoms with E-state index in [4.69, 9.17) is 11.5 Å². The molecule has 0 aliphatic carbocycles. The van der Waals surface area contributed by atoms with E-state index in [-0.39, 0.29) is 0 Å². The first-order valence-electron chi connectivity index (χ1n) is 3.65. The Morgan fingerprint density at radius 2 is 2.00 bits per heavy atom. The zero-order valence-electron chi connectivity index (χ0n) is 6.83. The van der Waals surface area contributed by atoms with E-state index in [1.165, 1.54) is 0 Å². The maximum Gasteiger partial charge on any atom is 0.0539 e. The quantitative estimate of drug-likeness (QED) is 0.617. The zero-order valence-corrected chi connectivity index (χ0v) is 6.83. The lowest BCUT2D eigenvalue weighted by Gasteiger charge is -1.89. The topological polar surface area (TPSA) is 64.9 Å². The van der Waals surface area contributed by atoms with Gasteiger partial charge in [0, 0.05) is 12.7 Å². The summed E-state index contributed by atoms with van der Waals surface area (Å²) in [6.07, 6.45) is 1.74. The van der Waals surface area contributed by atoms with Crippen molar-refractivity contribution >= 4 is 0 Å². The molecule has 0 radical (unpaired) electrons. The number of hydrogen-bond donors (Lipinski definition) is 2. The molecule has 4 N–H and O–H groups in total. The van der Waals surface area contributed by atoms with Gasteiger partial charge in [0.1, 0.15) is 0 Å². The molecule has 0 atom stereocenters. The molecule has 11 heavy (non-hydrogen) atoms. The van der Waals surface area contributed by atoms with Gasteiger partial charge in [0.25, 0.3) is 0 Å². The Morgan fingerprint density at radius 3 is 2.27 bits per heavy atom. The van der Waals surface area contributed by atoms with Gasteiger partial charge in [-0.25, -0.2) is 0 Å². The van der Waals surface area contributed by atoms with Gasteiger partial charge < -0.3 is 11.5 Å². The Morgan fingerprint density at radius 1 is 1.36 bits per heavy atom. The van der Waals surface area contributed by atoms with Crippen molar-refractivity contribution in [2.24, 2.45) is 11.5 Å². The first kappa shape index (κ1) is 10.1. The third-order valence-corrected chi connectivity index (χ3v) is 0.935. The van der Waals surface area contributed by atoms with E-state index in [1.54, 1.807) is 6.20 Å². The summed E-state index contributed by atoms with van der Waals surface area (Å²) in [4.78, 5) is 3.97. The highest BCUT2D eigenvalue weighted by atomic mass is 14.7. The minimum Gasteiger partial charge on any atom is -0.331 e. The Bertz CT molecular complexity index is 162. The van der Waals surface area contributed by atoms with Gasteiger partial charge in [-0.05, 0) is 18.7 Å². The molecule has 0 aliphatic heterocycles. The van der Waals surface area contributed by atoms with Crippen LogP contribution in [0.4, 0.5) is 0 Å². The number of nitrogens with zero attached hydrogens (tertiary/aromatic N) is 1.